The number of fused-ring (bicyclic) bond motifs is 1. The molecule has 1 aromatic heterocycles. The van der Waals surface area contributed by atoms with Crippen LogP contribution < -0.4 is 14.8 Å². The second-order valence-corrected chi connectivity index (χ2v) is 10.2. The Bertz CT molecular complexity index is 1190. The van der Waals surface area contributed by atoms with Crippen LogP contribution in [0.5, 0.6) is 0 Å². The van der Waals surface area contributed by atoms with E-state index in [0.29, 0.717) is 26.7 Å². The van der Waals surface area contributed by atoms with Gasteiger partial charge in [-0.25, -0.2) is 0 Å². The number of anilines is 1. The van der Waals surface area contributed by atoms with E-state index in [1.165, 1.54) is 22.3 Å². The molecule has 0 bridgehead atoms. The Hall–Kier alpha value is -2.47. The zero-order chi connectivity index (χ0) is 22.3. The number of imide groups is 1. The predicted molar refractivity (Wildman–Crippen MR) is 116 cm³/mol. The van der Waals surface area contributed by atoms with Crippen LogP contribution in [-0.4, -0.2) is 37.1 Å². The van der Waals surface area contributed by atoms with Crippen LogP contribution in [0.1, 0.15) is 39.2 Å². The highest BCUT2D eigenvalue weighted by Gasteiger charge is 2.40. The number of aryl methyl sites for hydroxylation is 1. The third-order valence-corrected chi connectivity index (χ3v) is 7.70. The minimum atomic E-state index is -3.87. The van der Waals surface area contributed by atoms with Crippen LogP contribution in [0, 0.1) is 6.92 Å². The summed E-state index contributed by atoms with van der Waals surface area (Å²) in [6, 6.07) is 4.14. The van der Waals surface area contributed by atoms with E-state index in [4.69, 9.17) is 11.6 Å². The third kappa shape index (κ3) is 4.45. The molecule has 4 rings (SSSR count). The van der Waals surface area contributed by atoms with Crippen molar-refractivity contribution in [3.05, 3.63) is 50.2 Å². The van der Waals surface area contributed by atoms with Gasteiger partial charge in [-0.2, -0.15) is 13.1 Å². The van der Waals surface area contributed by atoms with Crippen LogP contribution in [0.4, 0.5) is 5.69 Å². The minimum absolute atomic E-state index is 0.00854. The Morgan fingerprint density at radius 3 is 2.77 bits per heavy atom. The van der Waals surface area contributed by atoms with Crippen molar-refractivity contribution < 1.29 is 22.8 Å². The van der Waals surface area contributed by atoms with Crippen molar-refractivity contribution >= 4 is 56.6 Å². The van der Waals surface area contributed by atoms with Gasteiger partial charge in [0.25, 0.3) is 16.1 Å². The Kier molecular flexibility index (Phi) is 5.77. The van der Waals surface area contributed by atoms with Gasteiger partial charge in [0.2, 0.25) is 11.8 Å². The van der Waals surface area contributed by atoms with Gasteiger partial charge in [0.15, 0.2) is 0 Å². The van der Waals surface area contributed by atoms with Gasteiger partial charge >= 0.3 is 0 Å². The molecule has 2 aromatic rings. The number of benzene rings is 1. The lowest BCUT2D eigenvalue weighted by Gasteiger charge is -2.29. The number of hydrogen-bond donors (Lipinski definition) is 3. The average molecular weight is 483 g/mol. The number of hydrogen-bond acceptors (Lipinski definition) is 6. The first kappa shape index (κ1) is 21.8. The number of rotatable bonds is 6. The number of amides is 3. The zero-order valence-electron chi connectivity index (χ0n) is 16.4. The second kappa shape index (κ2) is 8.23. The van der Waals surface area contributed by atoms with Gasteiger partial charge in [0.1, 0.15) is 6.04 Å². The van der Waals surface area contributed by atoms with Crippen LogP contribution in [0.25, 0.3) is 0 Å². The van der Waals surface area contributed by atoms with E-state index in [9.17, 15) is 22.8 Å². The molecule has 2 aliphatic heterocycles. The highest BCUT2D eigenvalue weighted by atomic mass is 35.5. The van der Waals surface area contributed by atoms with Crippen molar-refractivity contribution in [1.29, 1.82) is 0 Å². The first-order chi connectivity index (χ1) is 14.6. The van der Waals surface area contributed by atoms with Crippen molar-refractivity contribution in [1.82, 2.24) is 14.9 Å². The summed E-state index contributed by atoms with van der Waals surface area (Å²) in [5.74, 6) is -1.12. The van der Waals surface area contributed by atoms with Gasteiger partial charge in [-0.1, -0.05) is 17.7 Å². The molecular formula is C19H19ClN4O5S2. The van der Waals surface area contributed by atoms with E-state index in [1.54, 1.807) is 17.5 Å². The molecule has 1 aromatic carbocycles. The maximum atomic E-state index is 12.7. The topological polar surface area (TPSA) is 125 Å². The van der Waals surface area contributed by atoms with Crippen molar-refractivity contribution in [2.24, 2.45) is 0 Å². The molecule has 9 nitrogen and oxygen atoms in total. The minimum Gasteiger partial charge on any atom is -0.322 e. The van der Waals surface area contributed by atoms with E-state index >= 15 is 0 Å². The molecule has 0 saturated carbocycles. The van der Waals surface area contributed by atoms with Gasteiger partial charge in [-0.3, -0.25) is 24.4 Å². The largest absolute Gasteiger partial charge is 0.322 e. The summed E-state index contributed by atoms with van der Waals surface area (Å²) in [6.45, 7) is 2.00. The molecule has 31 heavy (non-hydrogen) atoms. The SMILES string of the molecule is Cc1ccc(NS(=O)(=O)NCc2scc3c2CN(C2CCC(=O)NC2=O)C3=O)cc1Cl. The van der Waals surface area contributed by atoms with Gasteiger partial charge in [0.05, 0.1) is 11.3 Å². The van der Waals surface area contributed by atoms with Crippen molar-refractivity contribution in [3.63, 3.8) is 0 Å². The van der Waals surface area contributed by atoms with Crippen molar-refractivity contribution in [2.45, 2.75) is 38.9 Å². The fourth-order valence-electron chi connectivity index (χ4n) is 3.56. The quantitative estimate of drug-likeness (QED) is 0.542. The van der Waals surface area contributed by atoms with Crippen LogP contribution in [-0.2, 0) is 32.9 Å². The fraction of sp³-hybridized carbons (Fsp3) is 0.316. The highest BCUT2D eigenvalue weighted by molar-refractivity contribution is 7.90. The number of carbonyl (C=O) groups excluding carboxylic acids is 3. The normalized spacial score (nSPS) is 18.8. The Morgan fingerprint density at radius 2 is 2.06 bits per heavy atom. The molecule has 3 N–H and O–H groups in total. The number of thiophene rings is 1. The van der Waals surface area contributed by atoms with Crippen LogP contribution in [0.15, 0.2) is 23.6 Å². The number of halogens is 1. The summed E-state index contributed by atoms with van der Waals surface area (Å²) in [5.41, 5.74) is 2.32. The summed E-state index contributed by atoms with van der Waals surface area (Å²) in [5, 5.41) is 4.37. The highest BCUT2D eigenvalue weighted by Crippen LogP contribution is 2.33. The lowest BCUT2D eigenvalue weighted by molar-refractivity contribution is -0.136. The van der Waals surface area contributed by atoms with E-state index in [1.807, 2.05) is 6.92 Å². The first-order valence-electron chi connectivity index (χ1n) is 9.42. The summed E-state index contributed by atoms with van der Waals surface area (Å²) in [7, 11) is -3.87. The van der Waals surface area contributed by atoms with Gasteiger partial charge in [0, 0.05) is 34.8 Å². The van der Waals surface area contributed by atoms with E-state index < -0.39 is 22.2 Å². The van der Waals surface area contributed by atoms with Gasteiger partial charge in [-0.05, 0) is 36.6 Å². The third-order valence-electron chi connectivity index (χ3n) is 5.23. The van der Waals surface area contributed by atoms with Crippen LogP contribution >= 0.6 is 22.9 Å². The Labute approximate surface area is 187 Å². The fourth-order valence-corrected chi connectivity index (χ4v) is 5.65. The summed E-state index contributed by atoms with van der Waals surface area (Å²) in [6.07, 6.45) is 0.448. The average Bonchev–Trinajstić information content (AvgIpc) is 3.23. The van der Waals surface area contributed by atoms with Crippen molar-refractivity contribution in [3.8, 4) is 0 Å². The summed E-state index contributed by atoms with van der Waals surface area (Å²) in [4.78, 5) is 38.4. The number of carbonyl (C=O) groups is 3. The summed E-state index contributed by atoms with van der Waals surface area (Å²) < 4.78 is 29.7. The number of piperidine rings is 1. The lowest BCUT2D eigenvalue weighted by atomic mass is 10.0. The maximum absolute atomic E-state index is 12.7. The van der Waals surface area contributed by atoms with E-state index in [0.717, 1.165) is 5.56 Å². The molecule has 2 aliphatic rings. The van der Waals surface area contributed by atoms with Gasteiger partial charge in [-0.15, -0.1) is 11.3 Å². The lowest BCUT2D eigenvalue weighted by Crippen LogP contribution is -2.52. The molecular weight excluding hydrogens is 464 g/mol. The molecule has 3 heterocycles. The predicted octanol–water partition coefficient (Wildman–Crippen LogP) is 1.92. The molecule has 3 amide bonds. The number of nitrogens with one attached hydrogen (secondary N) is 3. The van der Waals surface area contributed by atoms with Crippen molar-refractivity contribution in [2.75, 3.05) is 4.72 Å². The molecule has 0 spiro atoms. The van der Waals surface area contributed by atoms with E-state index in [2.05, 4.69) is 14.8 Å². The van der Waals surface area contributed by atoms with Crippen LogP contribution in [0.2, 0.25) is 5.02 Å². The van der Waals surface area contributed by atoms with Crippen LogP contribution in [0.3, 0.4) is 0 Å². The first-order valence-corrected chi connectivity index (χ1v) is 12.2. The molecule has 0 aliphatic carbocycles. The van der Waals surface area contributed by atoms with Gasteiger partial charge < -0.3 is 4.90 Å². The Morgan fingerprint density at radius 1 is 1.29 bits per heavy atom. The molecule has 164 valence electrons. The molecule has 1 fully saturated rings. The molecule has 1 unspecified atom stereocenters. The maximum Gasteiger partial charge on any atom is 0.299 e. The zero-order valence-corrected chi connectivity index (χ0v) is 18.8. The molecule has 0 radical (unpaired) electrons. The number of nitrogens with zero attached hydrogens (tertiary/aromatic N) is 1. The molecule has 12 heteroatoms. The molecule has 1 atom stereocenters. The monoisotopic (exact) mass is 482 g/mol. The second-order valence-electron chi connectivity index (χ2n) is 7.34. The standard InChI is InChI=1S/C19H19ClN4O5S2/c1-10-2-3-11(6-14(10)20)23-31(28,29)21-7-16-12-8-24(19(27)13(12)9-30-16)15-4-5-17(25)22-18(15)26/h2-3,6,9,15,21,23H,4-5,7-8H2,1H3,(H,22,25,26). The molecule has 1 saturated heterocycles. The van der Waals surface area contributed by atoms with E-state index in [-0.39, 0.29) is 37.7 Å². The summed E-state index contributed by atoms with van der Waals surface area (Å²) >= 11 is 7.32. The Balaban J connectivity index is 1.44. The smallest absolute Gasteiger partial charge is 0.299 e.